The van der Waals surface area contributed by atoms with E-state index in [1.807, 2.05) is 45.9 Å². The number of hydrogen-bond acceptors (Lipinski definition) is 3. The first-order valence-electron chi connectivity index (χ1n) is 7.75. The summed E-state index contributed by atoms with van der Waals surface area (Å²) in [5.41, 5.74) is 1.98. The molecule has 1 aromatic rings. The number of benzene rings is 1. The predicted octanol–water partition coefficient (Wildman–Crippen LogP) is 2.45. The van der Waals surface area contributed by atoms with Gasteiger partial charge in [-0.05, 0) is 52.2 Å². The van der Waals surface area contributed by atoms with Crippen molar-refractivity contribution in [3.8, 4) is 0 Å². The van der Waals surface area contributed by atoms with Crippen molar-refractivity contribution in [1.82, 2.24) is 10.6 Å². The van der Waals surface area contributed by atoms with Gasteiger partial charge in [0.1, 0.15) is 6.04 Å². The molecule has 1 aliphatic rings. The van der Waals surface area contributed by atoms with E-state index in [0.29, 0.717) is 0 Å². The molecule has 0 unspecified atom stereocenters. The van der Waals surface area contributed by atoms with Crippen molar-refractivity contribution < 1.29 is 9.59 Å². The highest BCUT2D eigenvalue weighted by molar-refractivity contribution is 5.98. The lowest BCUT2D eigenvalue weighted by atomic mass is 10.00. The number of hydrogen-bond donors (Lipinski definition) is 2. The Morgan fingerprint density at radius 3 is 2.59 bits per heavy atom. The molecule has 1 atom stereocenters. The van der Waals surface area contributed by atoms with Crippen molar-refractivity contribution in [3.05, 3.63) is 29.8 Å². The standard InChI is InChI=1S/C17H25N3O2/c1-12(15(21)18-16(22)19-17(2,3)4)20-11-7-9-13-8-5-6-10-14(13)20/h5-6,8,10,12H,7,9,11H2,1-4H3,(H2,18,19,21,22)/t12-/m1/s1. The van der Waals surface area contributed by atoms with Gasteiger partial charge in [-0.15, -0.1) is 0 Å². The number of imide groups is 1. The molecule has 2 N–H and O–H groups in total. The van der Waals surface area contributed by atoms with Gasteiger partial charge in [0.05, 0.1) is 0 Å². The fraction of sp³-hybridized carbons (Fsp3) is 0.529. The molecule has 2 rings (SSSR count). The molecule has 0 aliphatic carbocycles. The Balaban J connectivity index is 2.04. The molecule has 22 heavy (non-hydrogen) atoms. The molecule has 0 saturated carbocycles. The number of carbonyl (C=O) groups excluding carboxylic acids is 2. The molecule has 0 aromatic heterocycles. The Hall–Kier alpha value is -2.04. The molecule has 120 valence electrons. The summed E-state index contributed by atoms with van der Waals surface area (Å²) in [5, 5.41) is 5.17. The first kappa shape index (κ1) is 16.3. The minimum Gasteiger partial charge on any atom is -0.360 e. The smallest absolute Gasteiger partial charge is 0.321 e. The van der Waals surface area contributed by atoms with Crippen LogP contribution in [0.2, 0.25) is 0 Å². The number of nitrogens with one attached hydrogen (secondary N) is 2. The van der Waals surface area contributed by atoms with Crippen molar-refractivity contribution in [2.24, 2.45) is 0 Å². The molecular weight excluding hydrogens is 278 g/mol. The van der Waals surface area contributed by atoms with E-state index in [-0.39, 0.29) is 17.5 Å². The Morgan fingerprint density at radius 1 is 1.23 bits per heavy atom. The van der Waals surface area contributed by atoms with Gasteiger partial charge in [-0.2, -0.15) is 0 Å². The summed E-state index contributed by atoms with van der Waals surface area (Å²) in [5.74, 6) is -0.279. The van der Waals surface area contributed by atoms with Crippen molar-refractivity contribution in [2.45, 2.75) is 52.1 Å². The summed E-state index contributed by atoms with van der Waals surface area (Å²) >= 11 is 0. The second-order valence-corrected chi connectivity index (χ2v) is 6.80. The normalized spacial score (nSPS) is 15.7. The highest BCUT2D eigenvalue weighted by atomic mass is 16.2. The lowest BCUT2D eigenvalue weighted by molar-refractivity contribution is -0.121. The zero-order valence-electron chi connectivity index (χ0n) is 13.8. The number of urea groups is 1. The van der Waals surface area contributed by atoms with Crippen LogP contribution in [0.4, 0.5) is 10.5 Å². The van der Waals surface area contributed by atoms with Crippen LogP contribution < -0.4 is 15.5 Å². The van der Waals surface area contributed by atoms with Gasteiger partial charge in [-0.25, -0.2) is 4.79 Å². The molecular formula is C17H25N3O2. The van der Waals surface area contributed by atoms with Crippen LogP contribution in [-0.2, 0) is 11.2 Å². The van der Waals surface area contributed by atoms with E-state index in [4.69, 9.17) is 0 Å². The maximum Gasteiger partial charge on any atom is 0.321 e. The van der Waals surface area contributed by atoms with E-state index in [9.17, 15) is 9.59 Å². The molecule has 5 nitrogen and oxygen atoms in total. The number of carbonyl (C=O) groups is 2. The van der Waals surface area contributed by atoms with Crippen LogP contribution in [0.5, 0.6) is 0 Å². The third-order valence-electron chi connectivity index (χ3n) is 3.72. The summed E-state index contributed by atoms with van der Waals surface area (Å²) in [7, 11) is 0. The van der Waals surface area contributed by atoms with Crippen LogP contribution >= 0.6 is 0 Å². The number of amides is 3. The number of fused-ring (bicyclic) bond motifs is 1. The summed E-state index contributed by atoms with van der Waals surface area (Å²) in [6.45, 7) is 8.29. The van der Waals surface area contributed by atoms with Crippen LogP contribution in [0.1, 0.15) is 39.7 Å². The van der Waals surface area contributed by atoms with E-state index in [0.717, 1.165) is 25.1 Å². The molecule has 1 heterocycles. The molecule has 5 heteroatoms. The van der Waals surface area contributed by atoms with Gasteiger partial charge in [0.25, 0.3) is 0 Å². The van der Waals surface area contributed by atoms with E-state index >= 15 is 0 Å². The minimum atomic E-state index is -0.449. The highest BCUT2D eigenvalue weighted by Gasteiger charge is 2.27. The maximum absolute atomic E-state index is 12.3. The lowest BCUT2D eigenvalue weighted by Gasteiger charge is -2.35. The van der Waals surface area contributed by atoms with Crippen molar-refractivity contribution >= 4 is 17.6 Å². The highest BCUT2D eigenvalue weighted by Crippen LogP contribution is 2.28. The first-order chi connectivity index (χ1) is 10.3. The van der Waals surface area contributed by atoms with Crippen LogP contribution in [0, 0.1) is 0 Å². The summed E-state index contributed by atoms with van der Waals surface area (Å²) < 4.78 is 0. The average molecular weight is 303 g/mol. The van der Waals surface area contributed by atoms with E-state index < -0.39 is 6.03 Å². The monoisotopic (exact) mass is 303 g/mol. The van der Waals surface area contributed by atoms with Gasteiger partial charge in [-0.3, -0.25) is 10.1 Å². The minimum absolute atomic E-state index is 0.279. The molecule has 0 spiro atoms. The van der Waals surface area contributed by atoms with Gasteiger partial charge in [0.15, 0.2) is 0 Å². The van der Waals surface area contributed by atoms with Gasteiger partial charge in [0, 0.05) is 17.8 Å². The largest absolute Gasteiger partial charge is 0.360 e. The van der Waals surface area contributed by atoms with E-state index in [1.165, 1.54) is 5.56 Å². The summed E-state index contributed by atoms with van der Waals surface area (Å²) in [6.07, 6.45) is 2.05. The maximum atomic E-state index is 12.3. The zero-order valence-corrected chi connectivity index (χ0v) is 13.8. The van der Waals surface area contributed by atoms with Crippen LogP contribution in [0.25, 0.3) is 0 Å². The molecule has 0 radical (unpaired) electrons. The van der Waals surface area contributed by atoms with Gasteiger partial charge in [-0.1, -0.05) is 18.2 Å². The number of anilines is 1. The molecule has 1 aromatic carbocycles. The third-order valence-corrected chi connectivity index (χ3v) is 3.72. The van der Waals surface area contributed by atoms with Crippen molar-refractivity contribution in [1.29, 1.82) is 0 Å². The average Bonchev–Trinajstić information content (AvgIpc) is 2.43. The zero-order chi connectivity index (χ0) is 16.3. The molecule has 3 amide bonds. The Morgan fingerprint density at radius 2 is 1.91 bits per heavy atom. The van der Waals surface area contributed by atoms with Crippen LogP contribution in [0.3, 0.4) is 0 Å². The van der Waals surface area contributed by atoms with E-state index in [1.54, 1.807) is 0 Å². The fourth-order valence-electron chi connectivity index (χ4n) is 2.69. The molecule has 0 bridgehead atoms. The predicted molar refractivity (Wildman–Crippen MR) is 88.0 cm³/mol. The molecule has 0 fully saturated rings. The van der Waals surface area contributed by atoms with E-state index in [2.05, 4.69) is 21.6 Å². The number of rotatable bonds is 2. The second kappa shape index (κ2) is 6.38. The summed E-state index contributed by atoms with van der Waals surface area (Å²) in [4.78, 5) is 26.2. The van der Waals surface area contributed by atoms with Crippen LogP contribution in [0.15, 0.2) is 24.3 Å². The SMILES string of the molecule is C[C@H](C(=O)NC(=O)NC(C)(C)C)N1CCCc2ccccc21. The number of para-hydroxylation sites is 1. The third kappa shape index (κ3) is 4.00. The van der Waals surface area contributed by atoms with Gasteiger partial charge >= 0.3 is 6.03 Å². The fourth-order valence-corrected chi connectivity index (χ4v) is 2.69. The topological polar surface area (TPSA) is 61.4 Å². The van der Waals surface area contributed by atoms with Gasteiger partial charge < -0.3 is 10.2 Å². The number of aryl methyl sites for hydroxylation is 1. The van der Waals surface area contributed by atoms with Crippen molar-refractivity contribution in [3.63, 3.8) is 0 Å². The lowest BCUT2D eigenvalue weighted by Crippen LogP contribution is -2.54. The van der Waals surface area contributed by atoms with Crippen molar-refractivity contribution in [2.75, 3.05) is 11.4 Å². The molecule has 0 saturated heterocycles. The van der Waals surface area contributed by atoms with Gasteiger partial charge in [0.2, 0.25) is 5.91 Å². The Bertz CT molecular complexity index is 563. The first-order valence-corrected chi connectivity index (χ1v) is 7.75. The Labute approximate surface area is 132 Å². The summed E-state index contributed by atoms with van der Waals surface area (Å²) in [6, 6.07) is 7.30. The quantitative estimate of drug-likeness (QED) is 0.882. The number of nitrogens with zero attached hydrogens (tertiary/aromatic N) is 1. The van der Waals surface area contributed by atoms with Crippen LogP contribution in [-0.4, -0.2) is 30.1 Å². The Kier molecular flexibility index (Phi) is 4.74. The molecule has 1 aliphatic heterocycles. The second-order valence-electron chi connectivity index (χ2n) is 6.80.